The number of aromatic nitrogens is 3. The molecule has 0 saturated heterocycles. The lowest BCUT2D eigenvalue weighted by Gasteiger charge is -2.16. The average molecular weight is 260 g/mol. The first-order valence-corrected chi connectivity index (χ1v) is 6.09. The van der Waals surface area contributed by atoms with Crippen molar-refractivity contribution >= 4 is 5.91 Å². The summed E-state index contributed by atoms with van der Waals surface area (Å²) < 4.78 is 5.25. The van der Waals surface area contributed by atoms with Gasteiger partial charge in [0.15, 0.2) is 0 Å². The third kappa shape index (κ3) is 3.15. The molecule has 100 valence electrons. The zero-order chi connectivity index (χ0) is 13.8. The monoisotopic (exact) mass is 260 g/mol. The second-order valence-corrected chi connectivity index (χ2v) is 4.61. The van der Waals surface area contributed by atoms with Gasteiger partial charge >= 0.3 is 0 Å². The maximum absolute atomic E-state index is 11.2. The zero-order valence-electron chi connectivity index (χ0n) is 11.1. The van der Waals surface area contributed by atoms with Gasteiger partial charge < -0.3 is 9.84 Å². The number of carbonyl (C=O) groups excluding carboxylic acids is 1. The third-order valence-electron chi connectivity index (χ3n) is 2.67. The molecule has 0 aliphatic carbocycles. The number of carbonyl (C=O) groups is 1. The Bertz CT molecular complexity index is 551. The van der Waals surface area contributed by atoms with Gasteiger partial charge in [-0.25, -0.2) is 0 Å². The number of hydrogen-bond donors (Lipinski definition) is 1. The van der Waals surface area contributed by atoms with Crippen molar-refractivity contribution in [2.45, 2.75) is 26.8 Å². The predicted molar refractivity (Wildman–Crippen MR) is 68.9 cm³/mol. The standard InChI is InChI=1S/C13H16N4O2/c1-8(2)11(15-9(3)18)13-16-12(17-19-13)10-4-6-14-7-5-10/h4-8,11H,1-3H3,(H,15,18)/t11-/m1/s1. The lowest BCUT2D eigenvalue weighted by molar-refractivity contribution is -0.120. The second-order valence-electron chi connectivity index (χ2n) is 4.61. The van der Waals surface area contributed by atoms with Crippen LogP contribution < -0.4 is 5.32 Å². The summed E-state index contributed by atoms with van der Waals surface area (Å²) in [4.78, 5) is 19.5. The van der Waals surface area contributed by atoms with E-state index in [1.165, 1.54) is 6.92 Å². The third-order valence-corrected chi connectivity index (χ3v) is 2.67. The quantitative estimate of drug-likeness (QED) is 0.908. The highest BCUT2D eigenvalue weighted by Gasteiger charge is 2.23. The Hall–Kier alpha value is -2.24. The molecule has 2 heterocycles. The molecule has 1 amide bonds. The molecule has 19 heavy (non-hydrogen) atoms. The molecule has 0 unspecified atom stereocenters. The van der Waals surface area contributed by atoms with Crippen molar-refractivity contribution in [3.8, 4) is 11.4 Å². The molecule has 1 N–H and O–H groups in total. The summed E-state index contributed by atoms with van der Waals surface area (Å²) in [5, 5.41) is 6.74. The second kappa shape index (κ2) is 5.60. The van der Waals surface area contributed by atoms with Crippen LogP contribution in [0.4, 0.5) is 0 Å². The fourth-order valence-electron chi connectivity index (χ4n) is 1.71. The van der Waals surface area contributed by atoms with Gasteiger partial charge in [0, 0.05) is 24.9 Å². The van der Waals surface area contributed by atoms with E-state index in [1.54, 1.807) is 24.5 Å². The fourth-order valence-corrected chi connectivity index (χ4v) is 1.71. The van der Waals surface area contributed by atoms with Gasteiger partial charge in [-0.3, -0.25) is 9.78 Å². The number of hydrogen-bond acceptors (Lipinski definition) is 5. The summed E-state index contributed by atoms with van der Waals surface area (Å²) in [7, 11) is 0. The largest absolute Gasteiger partial charge is 0.344 e. The lowest BCUT2D eigenvalue weighted by atomic mass is 10.0. The zero-order valence-corrected chi connectivity index (χ0v) is 11.1. The van der Waals surface area contributed by atoms with E-state index in [2.05, 4.69) is 20.4 Å². The van der Waals surface area contributed by atoms with Gasteiger partial charge in [0.1, 0.15) is 6.04 Å². The molecule has 0 fully saturated rings. The van der Waals surface area contributed by atoms with Crippen molar-refractivity contribution in [2.24, 2.45) is 5.92 Å². The van der Waals surface area contributed by atoms with Crippen LogP contribution in [0.25, 0.3) is 11.4 Å². The van der Waals surface area contributed by atoms with Gasteiger partial charge in [0.2, 0.25) is 17.6 Å². The van der Waals surface area contributed by atoms with E-state index in [-0.39, 0.29) is 17.9 Å². The van der Waals surface area contributed by atoms with Crippen molar-refractivity contribution in [1.29, 1.82) is 0 Å². The highest BCUT2D eigenvalue weighted by atomic mass is 16.5. The average Bonchev–Trinajstić information content (AvgIpc) is 2.86. The van der Waals surface area contributed by atoms with Gasteiger partial charge in [-0.15, -0.1) is 0 Å². The fraction of sp³-hybridized carbons (Fsp3) is 0.385. The minimum absolute atomic E-state index is 0.123. The van der Waals surface area contributed by atoms with Gasteiger partial charge in [0.25, 0.3) is 0 Å². The topological polar surface area (TPSA) is 80.9 Å². The van der Waals surface area contributed by atoms with Crippen LogP contribution in [0.5, 0.6) is 0 Å². The molecule has 0 radical (unpaired) electrons. The number of amides is 1. The Kier molecular flexibility index (Phi) is 3.89. The van der Waals surface area contributed by atoms with Crippen molar-refractivity contribution in [3.05, 3.63) is 30.4 Å². The molecule has 1 atom stereocenters. The first-order chi connectivity index (χ1) is 9.08. The Morgan fingerprint density at radius 3 is 2.58 bits per heavy atom. The molecule has 2 rings (SSSR count). The van der Waals surface area contributed by atoms with Crippen molar-refractivity contribution < 1.29 is 9.32 Å². The lowest BCUT2D eigenvalue weighted by Crippen LogP contribution is -2.29. The number of nitrogens with one attached hydrogen (secondary N) is 1. The van der Waals surface area contributed by atoms with Crippen LogP contribution in [0.3, 0.4) is 0 Å². The molecule has 0 bridgehead atoms. The summed E-state index contributed by atoms with van der Waals surface area (Å²) >= 11 is 0. The Labute approximate surface area is 111 Å². The normalized spacial score (nSPS) is 12.4. The van der Waals surface area contributed by atoms with E-state index in [1.807, 2.05) is 13.8 Å². The van der Waals surface area contributed by atoms with E-state index in [0.717, 1.165) is 5.56 Å². The Morgan fingerprint density at radius 2 is 2.00 bits per heavy atom. The SMILES string of the molecule is CC(=O)N[C@@H](c1nc(-c2ccncc2)no1)C(C)C. The van der Waals surface area contributed by atoms with Gasteiger partial charge in [-0.1, -0.05) is 19.0 Å². The molecular formula is C13H16N4O2. The molecule has 0 aliphatic heterocycles. The highest BCUT2D eigenvalue weighted by Crippen LogP contribution is 2.23. The summed E-state index contributed by atoms with van der Waals surface area (Å²) in [6, 6.07) is 3.33. The van der Waals surface area contributed by atoms with E-state index in [0.29, 0.717) is 11.7 Å². The summed E-state index contributed by atoms with van der Waals surface area (Å²) in [5.74, 6) is 0.947. The van der Waals surface area contributed by atoms with Crippen LogP contribution in [0.15, 0.2) is 29.0 Å². The van der Waals surface area contributed by atoms with Crippen LogP contribution in [0.2, 0.25) is 0 Å². The van der Waals surface area contributed by atoms with Crippen LogP contribution in [-0.2, 0) is 4.79 Å². The summed E-state index contributed by atoms with van der Waals surface area (Å²) in [5.41, 5.74) is 0.829. The molecular weight excluding hydrogens is 244 g/mol. The smallest absolute Gasteiger partial charge is 0.249 e. The van der Waals surface area contributed by atoms with Crippen LogP contribution >= 0.6 is 0 Å². The van der Waals surface area contributed by atoms with Crippen molar-refractivity contribution in [1.82, 2.24) is 20.4 Å². The van der Waals surface area contributed by atoms with Crippen molar-refractivity contribution in [2.75, 3.05) is 0 Å². The number of pyridine rings is 1. The van der Waals surface area contributed by atoms with Gasteiger partial charge in [0.05, 0.1) is 0 Å². The van der Waals surface area contributed by atoms with Gasteiger partial charge in [-0.2, -0.15) is 4.98 Å². The molecule has 6 nitrogen and oxygen atoms in total. The summed E-state index contributed by atoms with van der Waals surface area (Å²) in [6.45, 7) is 5.43. The summed E-state index contributed by atoms with van der Waals surface area (Å²) in [6.07, 6.45) is 3.33. The van der Waals surface area contributed by atoms with Crippen molar-refractivity contribution in [3.63, 3.8) is 0 Å². The van der Waals surface area contributed by atoms with E-state index in [9.17, 15) is 4.79 Å². The van der Waals surface area contributed by atoms with Crippen LogP contribution in [0, 0.1) is 5.92 Å². The molecule has 2 aromatic heterocycles. The number of nitrogens with zero attached hydrogens (tertiary/aromatic N) is 3. The minimum Gasteiger partial charge on any atom is -0.344 e. The highest BCUT2D eigenvalue weighted by molar-refractivity contribution is 5.73. The van der Waals surface area contributed by atoms with E-state index >= 15 is 0 Å². The van der Waals surface area contributed by atoms with E-state index < -0.39 is 0 Å². The first-order valence-electron chi connectivity index (χ1n) is 6.09. The van der Waals surface area contributed by atoms with Crippen LogP contribution in [0.1, 0.15) is 32.7 Å². The molecule has 0 aliphatic rings. The molecule has 2 aromatic rings. The van der Waals surface area contributed by atoms with Gasteiger partial charge in [-0.05, 0) is 18.1 Å². The Morgan fingerprint density at radius 1 is 1.32 bits per heavy atom. The maximum atomic E-state index is 11.2. The molecule has 6 heteroatoms. The first kappa shape index (κ1) is 13.2. The molecule has 0 spiro atoms. The number of rotatable bonds is 4. The minimum atomic E-state index is -0.277. The van der Waals surface area contributed by atoms with Crippen LogP contribution in [-0.4, -0.2) is 21.0 Å². The molecule has 0 saturated carbocycles. The molecule has 0 aromatic carbocycles. The maximum Gasteiger partial charge on any atom is 0.249 e. The van der Waals surface area contributed by atoms with E-state index in [4.69, 9.17) is 4.52 Å². The Balaban J connectivity index is 2.26. The predicted octanol–water partition coefficient (Wildman–Crippen LogP) is 1.96.